The smallest absolute Gasteiger partial charge is 0.311 e. The predicted octanol–water partition coefficient (Wildman–Crippen LogP) is 1.67. The van der Waals surface area contributed by atoms with E-state index < -0.39 is 4.92 Å². The van der Waals surface area contributed by atoms with Crippen LogP contribution in [-0.4, -0.2) is 22.9 Å². The number of phenolic OH excluding ortho intramolecular Hbond substituents is 1. The maximum Gasteiger partial charge on any atom is 0.311 e. The summed E-state index contributed by atoms with van der Waals surface area (Å²) in [4.78, 5) is 14.5. The highest BCUT2D eigenvalue weighted by atomic mass is 16.6. The van der Waals surface area contributed by atoms with Gasteiger partial charge in [0.2, 0.25) is 0 Å². The lowest BCUT2D eigenvalue weighted by Gasteiger charge is -1.97. The highest BCUT2D eigenvalue weighted by Gasteiger charge is 2.12. The van der Waals surface area contributed by atoms with Crippen molar-refractivity contribution in [2.45, 2.75) is 6.92 Å². The summed E-state index contributed by atoms with van der Waals surface area (Å²) in [7, 11) is 0. The van der Waals surface area contributed by atoms with Gasteiger partial charge >= 0.3 is 5.69 Å². The second kappa shape index (κ2) is 4.94. The minimum atomic E-state index is -0.659. The van der Waals surface area contributed by atoms with Gasteiger partial charge in [0, 0.05) is 11.6 Å². The maximum atomic E-state index is 10.5. The molecule has 0 spiro atoms. The Balaban J connectivity index is 2.92. The van der Waals surface area contributed by atoms with Crippen LogP contribution in [0.15, 0.2) is 23.4 Å². The summed E-state index contributed by atoms with van der Waals surface area (Å²) in [6.07, 6.45) is 1.34. The van der Waals surface area contributed by atoms with E-state index in [9.17, 15) is 10.1 Å². The van der Waals surface area contributed by atoms with E-state index >= 15 is 0 Å². The Morgan fingerprint density at radius 3 is 3.00 bits per heavy atom. The second-order valence-corrected chi connectivity index (χ2v) is 2.66. The highest BCUT2D eigenvalue weighted by molar-refractivity contribution is 5.81. The Morgan fingerprint density at radius 1 is 1.67 bits per heavy atom. The van der Waals surface area contributed by atoms with Crippen LogP contribution in [-0.2, 0) is 4.84 Å². The van der Waals surface area contributed by atoms with Crippen molar-refractivity contribution in [3.05, 3.63) is 33.9 Å². The molecule has 1 rings (SSSR count). The summed E-state index contributed by atoms with van der Waals surface area (Å²) in [6, 6.07) is 3.97. The fourth-order valence-electron chi connectivity index (χ4n) is 0.940. The topological polar surface area (TPSA) is 85.0 Å². The van der Waals surface area contributed by atoms with E-state index in [1.165, 1.54) is 24.4 Å². The zero-order valence-corrected chi connectivity index (χ0v) is 8.08. The number of hydrogen-bond acceptors (Lipinski definition) is 5. The molecule has 0 aliphatic heterocycles. The first kappa shape index (κ1) is 11.0. The number of nitro benzene ring substituents is 1. The van der Waals surface area contributed by atoms with Crippen molar-refractivity contribution in [1.82, 2.24) is 0 Å². The lowest BCUT2D eigenvalue weighted by atomic mass is 10.2. The van der Waals surface area contributed by atoms with E-state index in [1.807, 2.05) is 0 Å². The Morgan fingerprint density at radius 2 is 2.40 bits per heavy atom. The molecule has 1 N–H and O–H groups in total. The molecule has 80 valence electrons. The lowest BCUT2D eigenvalue weighted by molar-refractivity contribution is -0.385. The van der Waals surface area contributed by atoms with Crippen LogP contribution < -0.4 is 0 Å². The van der Waals surface area contributed by atoms with E-state index in [-0.39, 0.29) is 11.4 Å². The summed E-state index contributed by atoms with van der Waals surface area (Å²) < 4.78 is 0. The molecule has 0 aromatic heterocycles. The largest absolute Gasteiger partial charge is 0.502 e. The van der Waals surface area contributed by atoms with Gasteiger partial charge in [0.1, 0.15) is 6.61 Å². The SMILES string of the molecule is CCON=Cc1ccc(O)c([N+](=O)[O-])c1. The van der Waals surface area contributed by atoms with Crippen LogP contribution in [0.25, 0.3) is 0 Å². The zero-order chi connectivity index (χ0) is 11.3. The minimum absolute atomic E-state index is 0.351. The van der Waals surface area contributed by atoms with E-state index in [0.29, 0.717) is 12.2 Å². The molecule has 6 nitrogen and oxygen atoms in total. The van der Waals surface area contributed by atoms with E-state index in [2.05, 4.69) is 5.16 Å². The van der Waals surface area contributed by atoms with Crippen molar-refractivity contribution < 1.29 is 14.9 Å². The summed E-state index contributed by atoms with van der Waals surface area (Å²) in [5.74, 6) is -0.367. The highest BCUT2D eigenvalue weighted by Crippen LogP contribution is 2.25. The van der Waals surface area contributed by atoms with E-state index in [4.69, 9.17) is 9.94 Å². The second-order valence-electron chi connectivity index (χ2n) is 2.66. The Kier molecular flexibility index (Phi) is 3.61. The molecule has 0 heterocycles. The number of rotatable bonds is 4. The molecule has 0 fully saturated rings. The van der Waals surface area contributed by atoms with Gasteiger partial charge in [-0.1, -0.05) is 5.16 Å². The van der Waals surface area contributed by atoms with Crippen molar-refractivity contribution in [3.63, 3.8) is 0 Å². The summed E-state index contributed by atoms with van der Waals surface area (Å²) in [6.45, 7) is 2.20. The molecule has 1 aromatic rings. The van der Waals surface area contributed by atoms with E-state index in [1.54, 1.807) is 6.92 Å². The molecular weight excluding hydrogens is 200 g/mol. The molecule has 0 radical (unpaired) electrons. The number of nitrogens with zero attached hydrogens (tertiary/aromatic N) is 2. The van der Waals surface area contributed by atoms with Crippen molar-refractivity contribution >= 4 is 11.9 Å². The molecule has 0 aliphatic carbocycles. The maximum absolute atomic E-state index is 10.5. The third-order valence-electron chi connectivity index (χ3n) is 1.60. The van der Waals surface area contributed by atoms with Crippen LogP contribution >= 0.6 is 0 Å². The first-order valence-electron chi connectivity index (χ1n) is 4.28. The van der Waals surface area contributed by atoms with Gasteiger partial charge in [-0.15, -0.1) is 0 Å². The number of benzene rings is 1. The molecular formula is C9H10N2O4. The van der Waals surface area contributed by atoms with Gasteiger partial charge in [0.15, 0.2) is 5.75 Å². The van der Waals surface area contributed by atoms with Crippen LogP contribution in [0.3, 0.4) is 0 Å². The third kappa shape index (κ3) is 2.94. The lowest BCUT2D eigenvalue weighted by Crippen LogP contribution is -1.91. The number of oxime groups is 1. The number of hydrogen-bond donors (Lipinski definition) is 1. The molecule has 0 bridgehead atoms. The molecule has 0 saturated carbocycles. The average Bonchev–Trinajstić information content (AvgIpc) is 2.20. The molecule has 15 heavy (non-hydrogen) atoms. The minimum Gasteiger partial charge on any atom is -0.502 e. The summed E-state index contributed by atoms with van der Waals surface area (Å²) in [5, 5.41) is 23.2. The fourth-order valence-corrected chi connectivity index (χ4v) is 0.940. The van der Waals surface area contributed by atoms with Crippen LogP contribution in [0.4, 0.5) is 5.69 Å². The standard InChI is InChI=1S/C9H10N2O4/c1-2-15-10-6-7-3-4-9(12)8(5-7)11(13)14/h3-6,12H,2H2,1H3. The molecule has 6 heteroatoms. The third-order valence-corrected chi connectivity index (χ3v) is 1.60. The molecule has 0 atom stereocenters. The van der Waals surface area contributed by atoms with Crippen molar-refractivity contribution in [3.8, 4) is 5.75 Å². The number of nitro groups is 1. The summed E-state index contributed by atoms with van der Waals surface area (Å²) >= 11 is 0. The monoisotopic (exact) mass is 210 g/mol. The fraction of sp³-hybridized carbons (Fsp3) is 0.222. The van der Waals surface area contributed by atoms with Gasteiger partial charge < -0.3 is 9.94 Å². The van der Waals surface area contributed by atoms with Crippen molar-refractivity contribution in [1.29, 1.82) is 0 Å². The average molecular weight is 210 g/mol. The van der Waals surface area contributed by atoms with E-state index in [0.717, 1.165) is 0 Å². The Hall–Kier alpha value is -2.11. The molecule has 1 aromatic carbocycles. The van der Waals surface area contributed by atoms with Gasteiger partial charge in [0.25, 0.3) is 0 Å². The van der Waals surface area contributed by atoms with Crippen molar-refractivity contribution in [2.24, 2.45) is 5.16 Å². The quantitative estimate of drug-likeness (QED) is 0.465. The van der Waals surface area contributed by atoms with Crippen molar-refractivity contribution in [2.75, 3.05) is 6.61 Å². The molecule has 0 unspecified atom stereocenters. The first-order valence-corrected chi connectivity index (χ1v) is 4.28. The van der Waals surface area contributed by atoms with Gasteiger partial charge in [0.05, 0.1) is 11.1 Å². The van der Waals surface area contributed by atoms with Gasteiger partial charge in [-0.25, -0.2) is 0 Å². The first-order chi connectivity index (χ1) is 7.15. The molecule has 0 amide bonds. The van der Waals surface area contributed by atoms with Gasteiger partial charge in [-0.2, -0.15) is 0 Å². The van der Waals surface area contributed by atoms with Crippen LogP contribution in [0.1, 0.15) is 12.5 Å². The van der Waals surface area contributed by atoms with Crippen LogP contribution in [0.5, 0.6) is 5.75 Å². The van der Waals surface area contributed by atoms with Crippen LogP contribution in [0, 0.1) is 10.1 Å². The Bertz CT molecular complexity index is 390. The zero-order valence-electron chi connectivity index (χ0n) is 8.08. The van der Waals surface area contributed by atoms with Gasteiger partial charge in [-0.05, 0) is 19.1 Å². The van der Waals surface area contributed by atoms with Crippen LogP contribution in [0.2, 0.25) is 0 Å². The number of phenols is 1. The van der Waals surface area contributed by atoms with Gasteiger partial charge in [-0.3, -0.25) is 10.1 Å². The number of aromatic hydroxyl groups is 1. The molecule has 0 aliphatic rings. The predicted molar refractivity (Wildman–Crippen MR) is 54.0 cm³/mol. The molecule has 0 saturated heterocycles. The normalized spacial score (nSPS) is 10.5. The Labute approximate surface area is 85.9 Å². The summed E-state index contributed by atoms with van der Waals surface area (Å²) in [5.41, 5.74) is 0.142.